The molecule has 0 heterocycles. The molecule has 0 radical (unpaired) electrons. The van der Waals surface area contributed by atoms with Gasteiger partial charge >= 0.3 is 5.97 Å². The number of hydrogen-bond donors (Lipinski definition) is 0. The van der Waals surface area contributed by atoms with Gasteiger partial charge in [-0.25, -0.2) is 4.79 Å². The Balaban J connectivity index is 2.95. The summed E-state index contributed by atoms with van der Waals surface area (Å²) >= 11 is 10.4. The fourth-order valence-corrected chi connectivity index (χ4v) is 1.90. The molecule has 0 unspecified atom stereocenters. The van der Waals surface area contributed by atoms with Gasteiger partial charge in [-0.1, -0.05) is 59.9 Å². The van der Waals surface area contributed by atoms with Gasteiger partial charge in [0.2, 0.25) is 0 Å². The van der Waals surface area contributed by atoms with Gasteiger partial charge in [-0.2, -0.15) is 0 Å². The second kappa shape index (κ2) is 5.46. The summed E-state index contributed by atoms with van der Waals surface area (Å²) in [5.41, 5.74) is 1.58. The number of carbonyl (C=O) groups excluding carboxylic acids is 1. The third-order valence-corrected chi connectivity index (χ3v) is 5.72. The van der Waals surface area contributed by atoms with Gasteiger partial charge in [-0.3, -0.25) is 0 Å². The first-order valence-corrected chi connectivity index (χ1v) is 6.84. The molecule has 0 atom stereocenters. The molecule has 2 nitrogen and oxygen atoms in total. The Morgan fingerprint density at radius 3 is 2.27 bits per heavy atom. The van der Waals surface area contributed by atoms with E-state index in [1.54, 1.807) is 12.1 Å². The maximum atomic E-state index is 11.2. The summed E-state index contributed by atoms with van der Waals surface area (Å²) in [4.78, 5) is 11.2. The number of ether oxygens (including phenoxy) is 1. The number of benzene rings is 1. The van der Waals surface area contributed by atoms with Gasteiger partial charge in [0.15, 0.2) is 0 Å². The summed E-state index contributed by atoms with van der Waals surface area (Å²) in [6.45, 7) is 0. The van der Waals surface area contributed by atoms with Crippen LogP contribution in [0.4, 0.5) is 0 Å². The van der Waals surface area contributed by atoms with Crippen LogP contribution in [-0.4, -0.2) is 18.4 Å². The lowest BCUT2D eigenvalue weighted by molar-refractivity contribution is 0.0600. The average molecular weight is 401 g/mol. The molecule has 0 aliphatic rings. The lowest BCUT2D eigenvalue weighted by atomic mass is 10.1. The van der Waals surface area contributed by atoms with Crippen LogP contribution in [-0.2, 0) is 7.97 Å². The molecular weight excluding hydrogens is 392 g/mol. The van der Waals surface area contributed by atoms with Crippen LogP contribution in [0.15, 0.2) is 24.3 Å². The van der Waals surface area contributed by atoms with Crippen molar-refractivity contribution in [3.8, 4) is 0 Å². The molecule has 0 saturated carbocycles. The number of hydrogen-bond acceptors (Lipinski definition) is 2. The van der Waals surface area contributed by atoms with E-state index in [4.69, 9.17) is 0 Å². The van der Waals surface area contributed by atoms with E-state index in [0.717, 1.165) is 10.9 Å². The molecule has 82 valence electrons. The van der Waals surface area contributed by atoms with Crippen molar-refractivity contribution >= 4 is 53.8 Å². The summed E-state index contributed by atoms with van der Waals surface area (Å²) in [5.74, 6) is -0.324. The van der Waals surface area contributed by atoms with E-state index in [9.17, 15) is 4.79 Å². The molecule has 0 bridgehead atoms. The molecule has 0 saturated heterocycles. The molecule has 1 aromatic rings. The predicted octanol–water partition coefficient (Wildman–Crippen LogP) is 3.81. The highest BCUT2D eigenvalue weighted by Gasteiger charge is 2.23. The second-order valence-corrected chi connectivity index (χ2v) is 7.24. The first-order valence-electron chi connectivity index (χ1n) is 4.14. The third-order valence-electron chi connectivity index (χ3n) is 1.90. The topological polar surface area (TPSA) is 26.3 Å². The van der Waals surface area contributed by atoms with E-state index in [2.05, 4.69) is 52.5 Å². The Hall–Kier alpha value is 0.130. The van der Waals surface area contributed by atoms with Crippen LogP contribution >= 0.6 is 47.8 Å². The highest BCUT2D eigenvalue weighted by Crippen LogP contribution is 2.39. The molecule has 0 N–H and O–H groups in total. The van der Waals surface area contributed by atoms with E-state index < -0.39 is 0 Å². The Labute approximate surface area is 114 Å². The second-order valence-electron chi connectivity index (χ2n) is 2.91. The summed E-state index contributed by atoms with van der Waals surface area (Å²) in [7, 11) is 1.37. The minimum absolute atomic E-state index is 0.297. The largest absolute Gasteiger partial charge is 0.465 e. The van der Waals surface area contributed by atoms with E-state index in [1.807, 2.05) is 12.1 Å². The van der Waals surface area contributed by atoms with Gasteiger partial charge in [0, 0.05) is 5.33 Å². The highest BCUT2D eigenvalue weighted by molar-refractivity contribution is 9.25. The Morgan fingerprint density at radius 1 is 1.33 bits per heavy atom. The van der Waals surface area contributed by atoms with Crippen LogP contribution in [0.5, 0.6) is 0 Å². The van der Waals surface area contributed by atoms with Crippen molar-refractivity contribution in [2.75, 3.05) is 12.4 Å². The van der Waals surface area contributed by atoms with Gasteiger partial charge in [0.1, 0.15) is 3.23 Å². The molecule has 15 heavy (non-hydrogen) atoms. The number of halogens is 3. The summed E-state index contributed by atoms with van der Waals surface area (Å²) in [6.07, 6.45) is 0. The lowest BCUT2D eigenvalue weighted by Crippen LogP contribution is -2.10. The number of rotatable bonds is 3. The van der Waals surface area contributed by atoms with Crippen molar-refractivity contribution in [2.24, 2.45) is 0 Å². The first kappa shape index (κ1) is 13.2. The molecule has 0 aliphatic carbocycles. The predicted molar refractivity (Wildman–Crippen MR) is 71.1 cm³/mol. The van der Waals surface area contributed by atoms with Crippen LogP contribution in [0.25, 0.3) is 0 Å². The first-order chi connectivity index (χ1) is 7.01. The maximum Gasteiger partial charge on any atom is 0.337 e. The molecule has 0 aromatic heterocycles. The molecular formula is C10H9Br3O2. The van der Waals surface area contributed by atoms with Crippen LogP contribution < -0.4 is 0 Å². The molecule has 5 heteroatoms. The Morgan fingerprint density at radius 2 is 1.87 bits per heavy atom. The summed E-state index contributed by atoms with van der Waals surface area (Å²) < 4.78 is 4.32. The zero-order valence-corrected chi connectivity index (χ0v) is 12.7. The quantitative estimate of drug-likeness (QED) is 0.569. The number of alkyl halides is 3. The molecule has 0 amide bonds. The zero-order valence-electron chi connectivity index (χ0n) is 7.97. The smallest absolute Gasteiger partial charge is 0.337 e. The Kier molecular flexibility index (Phi) is 4.80. The van der Waals surface area contributed by atoms with Crippen molar-refractivity contribution in [3.63, 3.8) is 0 Å². The minimum atomic E-state index is -0.324. The van der Waals surface area contributed by atoms with E-state index in [-0.39, 0.29) is 9.20 Å². The van der Waals surface area contributed by atoms with Gasteiger partial charge in [0.05, 0.1) is 12.7 Å². The average Bonchev–Trinajstić information content (AvgIpc) is 2.28. The SMILES string of the molecule is COC(=O)c1ccc(C(Br)(Br)CBr)cc1. The van der Waals surface area contributed by atoms with Crippen LogP contribution in [0.1, 0.15) is 15.9 Å². The molecule has 1 aromatic carbocycles. The van der Waals surface area contributed by atoms with E-state index >= 15 is 0 Å². The van der Waals surface area contributed by atoms with Crippen molar-refractivity contribution in [2.45, 2.75) is 3.23 Å². The standard InChI is InChI=1S/C10H9Br3O2/c1-15-9(14)7-2-4-8(5-3-7)10(12,13)6-11/h2-5H,6H2,1H3. The summed E-state index contributed by atoms with van der Waals surface area (Å²) in [6, 6.07) is 7.22. The fraction of sp³-hybridized carbons (Fsp3) is 0.300. The summed E-state index contributed by atoms with van der Waals surface area (Å²) in [5, 5.41) is 0.720. The number of esters is 1. The molecule has 0 fully saturated rings. The van der Waals surface area contributed by atoms with Gasteiger partial charge in [-0.15, -0.1) is 0 Å². The van der Waals surface area contributed by atoms with E-state index in [1.165, 1.54) is 7.11 Å². The third kappa shape index (κ3) is 3.29. The zero-order chi connectivity index (χ0) is 11.5. The van der Waals surface area contributed by atoms with Crippen molar-refractivity contribution in [3.05, 3.63) is 35.4 Å². The van der Waals surface area contributed by atoms with Crippen molar-refractivity contribution < 1.29 is 9.53 Å². The molecule has 1 rings (SSSR count). The van der Waals surface area contributed by atoms with Crippen LogP contribution in [0.3, 0.4) is 0 Å². The van der Waals surface area contributed by atoms with Crippen molar-refractivity contribution in [1.82, 2.24) is 0 Å². The van der Waals surface area contributed by atoms with Gasteiger partial charge < -0.3 is 4.74 Å². The maximum absolute atomic E-state index is 11.2. The number of methoxy groups -OCH3 is 1. The van der Waals surface area contributed by atoms with E-state index in [0.29, 0.717) is 5.56 Å². The van der Waals surface area contributed by atoms with Gasteiger partial charge in [0.25, 0.3) is 0 Å². The lowest BCUT2D eigenvalue weighted by Gasteiger charge is -2.17. The highest BCUT2D eigenvalue weighted by atomic mass is 79.9. The monoisotopic (exact) mass is 398 g/mol. The van der Waals surface area contributed by atoms with Crippen LogP contribution in [0.2, 0.25) is 0 Å². The fourth-order valence-electron chi connectivity index (χ4n) is 1.05. The minimum Gasteiger partial charge on any atom is -0.465 e. The van der Waals surface area contributed by atoms with Gasteiger partial charge in [-0.05, 0) is 17.7 Å². The number of carbonyl (C=O) groups is 1. The molecule has 0 spiro atoms. The van der Waals surface area contributed by atoms with Crippen molar-refractivity contribution in [1.29, 1.82) is 0 Å². The Bertz CT molecular complexity index is 346. The molecule has 0 aliphatic heterocycles. The normalized spacial score (nSPS) is 11.2. The van der Waals surface area contributed by atoms with Crippen LogP contribution in [0, 0.1) is 0 Å².